The zero-order chi connectivity index (χ0) is 19.7. The lowest BCUT2D eigenvalue weighted by Crippen LogP contribution is -1.92. The summed E-state index contributed by atoms with van der Waals surface area (Å²) in [4.78, 5) is 0. The van der Waals surface area contributed by atoms with Crippen LogP contribution in [0.2, 0.25) is 0 Å². The van der Waals surface area contributed by atoms with Gasteiger partial charge in [-0.3, -0.25) is 0 Å². The van der Waals surface area contributed by atoms with Crippen LogP contribution in [0.1, 0.15) is 101 Å². The Kier molecular flexibility index (Phi) is 55.7. The third kappa shape index (κ3) is 34.1. The van der Waals surface area contributed by atoms with E-state index in [9.17, 15) is 0 Å². The van der Waals surface area contributed by atoms with E-state index < -0.39 is 0 Å². The predicted molar refractivity (Wildman–Crippen MR) is 120 cm³/mol. The van der Waals surface area contributed by atoms with Gasteiger partial charge in [-0.2, -0.15) is 12.6 Å². The van der Waals surface area contributed by atoms with E-state index in [1.54, 1.807) is 0 Å². The second-order valence-corrected chi connectivity index (χ2v) is 5.14. The second-order valence-electron chi connectivity index (χ2n) is 4.26. The van der Waals surface area contributed by atoms with Crippen LogP contribution in [0.5, 0.6) is 0 Å². The Hall–Kier alpha value is -0.430. The van der Waals surface area contributed by atoms with Gasteiger partial charge in [-0.1, -0.05) is 101 Å². The lowest BCUT2D eigenvalue weighted by atomic mass is 10.00. The van der Waals surface area contributed by atoms with Gasteiger partial charge in [0.2, 0.25) is 0 Å². The predicted octanol–water partition coefficient (Wildman–Crippen LogP) is 9.05. The van der Waals surface area contributed by atoms with Crippen molar-refractivity contribution in [3.8, 4) is 0 Å². The van der Waals surface area contributed by atoms with Gasteiger partial charge in [0, 0.05) is 0 Å². The zero-order valence-corrected chi connectivity index (χ0v) is 19.0. The molecule has 1 unspecified atom stereocenters. The molecule has 0 bridgehead atoms. The summed E-state index contributed by atoms with van der Waals surface area (Å²) < 4.78 is 0. The maximum Gasteiger partial charge on any atom is -0.00115 e. The van der Waals surface area contributed by atoms with E-state index in [0.29, 0.717) is 5.25 Å². The van der Waals surface area contributed by atoms with Crippen molar-refractivity contribution in [3.63, 3.8) is 0 Å². The van der Waals surface area contributed by atoms with Gasteiger partial charge in [-0.05, 0) is 42.1 Å². The first-order valence-electron chi connectivity index (χ1n) is 9.72. The Morgan fingerprint density at radius 3 is 1.43 bits per heavy atom. The van der Waals surface area contributed by atoms with Crippen LogP contribution in [0.4, 0.5) is 0 Å². The van der Waals surface area contributed by atoms with E-state index in [0.717, 1.165) is 19.3 Å². The average molecular weight is 345 g/mol. The Morgan fingerprint density at radius 1 is 0.870 bits per heavy atom. The first kappa shape index (κ1) is 34.0. The molecule has 0 aromatic heterocycles. The third-order valence-electron chi connectivity index (χ3n) is 2.35. The van der Waals surface area contributed by atoms with Crippen molar-refractivity contribution in [3.05, 3.63) is 36.5 Å². The van der Waals surface area contributed by atoms with E-state index in [4.69, 9.17) is 0 Å². The van der Waals surface area contributed by atoms with Gasteiger partial charge >= 0.3 is 0 Å². The minimum atomic E-state index is 0.495. The van der Waals surface area contributed by atoms with Crippen molar-refractivity contribution in [1.82, 2.24) is 0 Å². The lowest BCUT2D eigenvalue weighted by Gasteiger charge is -2.08. The number of hydrogen-bond donors (Lipinski definition) is 1. The monoisotopic (exact) mass is 344 g/mol. The number of rotatable bonds is 7. The van der Waals surface area contributed by atoms with Gasteiger partial charge in [-0.25, -0.2) is 0 Å². The van der Waals surface area contributed by atoms with Crippen LogP contribution in [-0.2, 0) is 0 Å². The minimum absolute atomic E-state index is 0.495. The minimum Gasteiger partial charge on any atom is -0.176 e. The van der Waals surface area contributed by atoms with Crippen molar-refractivity contribution in [2.45, 2.75) is 107 Å². The second kappa shape index (κ2) is 37.6. The van der Waals surface area contributed by atoms with Crippen molar-refractivity contribution in [2.75, 3.05) is 0 Å². The van der Waals surface area contributed by atoms with Crippen LogP contribution in [0, 0.1) is 0 Å². The third-order valence-corrected chi connectivity index (χ3v) is 2.61. The number of allylic oxidation sites excluding steroid dienone is 4. The topological polar surface area (TPSA) is 0 Å². The molecule has 0 nitrogen and oxygen atoms in total. The highest BCUT2D eigenvalue weighted by Gasteiger charge is 2.00. The van der Waals surface area contributed by atoms with Crippen molar-refractivity contribution >= 4 is 12.6 Å². The molecular formula is C22H48S. The summed E-state index contributed by atoms with van der Waals surface area (Å²) in [5, 5.41) is 0.495. The SMILES string of the molecule is C=C/C(CC)=C(\C=C)CCCC(C)S.CC.CC.CC.CCC. The molecule has 23 heavy (non-hydrogen) atoms. The van der Waals surface area contributed by atoms with E-state index in [1.165, 1.54) is 24.0 Å². The largest absolute Gasteiger partial charge is 0.176 e. The van der Waals surface area contributed by atoms with Crippen LogP contribution in [0.25, 0.3) is 0 Å². The Labute approximate surface area is 156 Å². The molecule has 0 heterocycles. The Morgan fingerprint density at radius 2 is 1.22 bits per heavy atom. The summed E-state index contributed by atoms with van der Waals surface area (Å²) in [6.45, 7) is 28.2. The van der Waals surface area contributed by atoms with Crippen LogP contribution in [-0.4, -0.2) is 5.25 Å². The number of hydrogen-bond acceptors (Lipinski definition) is 1. The van der Waals surface area contributed by atoms with E-state index in [1.807, 2.05) is 53.7 Å². The van der Waals surface area contributed by atoms with Crippen molar-refractivity contribution in [2.24, 2.45) is 0 Å². The molecule has 0 aliphatic rings. The molecule has 0 aliphatic heterocycles. The highest BCUT2D eigenvalue weighted by atomic mass is 32.1. The van der Waals surface area contributed by atoms with Gasteiger partial charge in [0.15, 0.2) is 0 Å². The fourth-order valence-electron chi connectivity index (χ4n) is 1.48. The summed E-state index contributed by atoms with van der Waals surface area (Å²) >= 11 is 4.37. The molecule has 1 atom stereocenters. The average Bonchev–Trinajstić information content (AvgIpc) is 2.60. The smallest absolute Gasteiger partial charge is 0.00115 e. The van der Waals surface area contributed by atoms with Crippen LogP contribution < -0.4 is 0 Å². The molecule has 0 aromatic carbocycles. The van der Waals surface area contributed by atoms with Gasteiger partial charge < -0.3 is 0 Å². The van der Waals surface area contributed by atoms with Gasteiger partial charge in [0.25, 0.3) is 0 Å². The zero-order valence-electron chi connectivity index (χ0n) is 18.1. The van der Waals surface area contributed by atoms with Gasteiger partial charge in [0.05, 0.1) is 0 Å². The molecule has 0 amide bonds. The maximum absolute atomic E-state index is 4.37. The summed E-state index contributed by atoms with van der Waals surface area (Å²) in [7, 11) is 0. The highest BCUT2D eigenvalue weighted by molar-refractivity contribution is 7.80. The van der Waals surface area contributed by atoms with E-state index in [2.05, 4.69) is 53.5 Å². The lowest BCUT2D eigenvalue weighted by molar-refractivity contribution is 0.730. The number of thiol groups is 1. The molecule has 1 heteroatoms. The molecule has 0 fully saturated rings. The van der Waals surface area contributed by atoms with Crippen LogP contribution in [0.3, 0.4) is 0 Å². The molecule has 0 saturated heterocycles. The quantitative estimate of drug-likeness (QED) is 0.345. The first-order chi connectivity index (χ1) is 11.1. The fourth-order valence-corrected chi connectivity index (χ4v) is 1.67. The Bertz CT molecular complexity index is 224. The molecule has 0 aromatic rings. The molecule has 142 valence electrons. The molecule has 0 spiro atoms. The summed E-state index contributed by atoms with van der Waals surface area (Å²) in [6.07, 6.45) is 9.65. The summed E-state index contributed by atoms with van der Waals surface area (Å²) in [6, 6.07) is 0. The van der Waals surface area contributed by atoms with E-state index >= 15 is 0 Å². The van der Waals surface area contributed by atoms with Gasteiger partial charge in [0.1, 0.15) is 0 Å². The van der Waals surface area contributed by atoms with Crippen molar-refractivity contribution < 1.29 is 0 Å². The standard InChI is InChI=1S/C13H22S.C3H8.3C2H6/c1-5-12(6-2)13(7-3)10-8-9-11(4)14;1-3-2;3*1-2/h5,7,11,14H,1,3,6,8-10H2,2,4H3;3H2,1-2H3;3*1-2H3/b13-12-;;;;. The fraction of sp³-hybridized carbons (Fsp3) is 0.727. The van der Waals surface area contributed by atoms with Crippen molar-refractivity contribution in [1.29, 1.82) is 0 Å². The molecule has 0 rings (SSSR count). The molecule has 0 N–H and O–H groups in total. The highest BCUT2D eigenvalue weighted by Crippen LogP contribution is 2.18. The molecule has 0 saturated carbocycles. The normalized spacial score (nSPS) is 10.4. The maximum atomic E-state index is 4.37. The summed E-state index contributed by atoms with van der Waals surface area (Å²) in [5.74, 6) is 0. The Balaban J connectivity index is -0.000000101. The van der Waals surface area contributed by atoms with Gasteiger partial charge in [-0.15, -0.1) is 0 Å². The summed E-state index contributed by atoms with van der Waals surface area (Å²) in [5.41, 5.74) is 2.67. The molecular weight excluding hydrogens is 296 g/mol. The molecule has 0 aliphatic carbocycles. The van der Waals surface area contributed by atoms with Crippen LogP contribution >= 0.6 is 12.6 Å². The first-order valence-corrected chi connectivity index (χ1v) is 10.2. The van der Waals surface area contributed by atoms with Crippen LogP contribution in [0.15, 0.2) is 36.5 Å². The molecule has 0 radical (unpaired) electrons. The van der Waals surface area contributed by atoms with E-state index in [-0.39, 0.29) is 0 Å².